The highest BCUT2D eigenvalue weighted by molar-refractivity contribution is 7.14. The van der Waals surface area contributed by atoms with Crippen molar-refractivity contribution in [2.75, 3.05) is 0 Å². The smallest absolute Gasteiger partial charge is 0.137 e. The lowest BCUT2D eigenvalue weighted by atomic mass is 10.0. The maximum absolute atomic E-state index is 5.99. The summed E-state index contributed by atoms with van der Waals surface area (Å²) in [5.74, 6) is 3.96. The molecule has 0 aromatic carbocycles. The Bertz CT molecular complexity index is 526. The van der Waals surface area contributed by atoms with E-state index in [4.69, 9.17) is 5.73 Å². The SMILES string of the molecule is Cc1cc2c(s1)C(N)=NC(C#C[Si](C)(C)C)C2. The number of fused-ring (bicyclic) bond motifs is 1. The van der Waals surface area contributed by atoms with Gasteiger partial charge in [0, 0.05) is 11.3 Å². The summed E-state index contributed by atoms with van der Waals surface area (Å²) < 4.78 is 0. The summed E-state index contributed by atoms with van der Waals surface area (Å²) >= 11 is 1.73. The van der Waals surface area contributed by atoms with Gasteiger partial charge in [0.1, 0.15) is 20.0 Å². The number of hydrogen-bond donors (Lipinski definition) is 1. The van der Waals surface area contributed by atoms with Gasteiger partial charge >= 0.3 is 0 Å². The van der Waals surface area contributed by atoms with Crippen molar-refractivity contribution in [2.24, 2.45) is 10.7 Å². The molecular weight excluding hydrogens is 244 g/mol. The van der Waals surface area contributed by atoms with Gasteiger partial charge < -0.3 is 5.73 Å². The van der Waals surface area contributed by atoms with Gasteiger partial charge in [0.05, 0.1) is 4.88 Å². The molecular formula is C13H18N2SSi. The van der Waals surface area contributed by atoms with E-state index in [9.17, 15) is 0 Å². The van der Waals surface area contributed by atoms with Gasteiger partial charge in [-0.05, 0) is 18.6 Å². The molecule has 0 amide bonds. The Kier molecular flexibility index (Phi) is 3.15. The predicted molar refractivity (Wildman–Crippen MR) is 78.4 cm³/mol. The quantitative estimate of drug-likeness (QED) is 0.566. The molecule has 4 heteroatoms. The molecule has 1 atom stereocenters. The number of amidine groups is 1. The lowest BCUT2D eigenvalue weighted by Gasteiger charge is -2.15. The minimum Gasteiger partial charge on any atom is -0.383 e. The molecule has 1 aromatic heterocycles. The summed E-state index contributed by atoms with van der Waals surface area (Å²) in [6.07, 6.45) is 0.915. The molecule has 2 heterocycles. The maximum atomic E-state index is 5.99. The van der Waals surface area contributed by atoms with E-state index in [-0.39, 0.29) is 6.04 Å². The number of rotatable bonds is 0. The number of thiophene rings is 1. The lowest BCUT2D eigenvalue weighted by Crippen LogP contribution is -2.25. The van der Waals surface area contributed by atoms with Crippen LogP contribution in [0.1, 0.15) is 15.3 Å². The summed E-state index contributed by atoms with van der Waals surface area (Å²) in [5.41, 5.74) is 10.7. The summed E-state index contributed by atoms with van der Waals surface area (Å²) in [6.45, 7) is 8.85. The number of aryl methyl sites for hydroxylation is 1. The van der Waals surface area contributed by atoms with Crippen LogP contribution in [0.3, 0.4) is 0 Å². The van der Waals surface area contributed by atoms with Crippen molar-refractivity contribution >= 4 is 25.2 Å². The van der Waals surface area contributed by atoms with Gasteiger partial charge in [0.25, 0.3) is 0 Å². The van der Waals surface area contributed by atoms with Crippen LogP contribution in [0.2, 0.25) is 19.6 Å². The molecule has 0 saturated heterocycles. The van der Waals surface area contributed by atoms with Crippen molar-refractivity contribution in [1.29, 1.82) is 0 Å². The van der Waals surface area contributed by atoms with Gasteiger partial charge in [-0.25, -0.2) is 0 Å². The van der Waals surface area contributed by atoms with Crippen LogP contribution in [0.15, 0.2) is 11.1 Å². The van der Waals surface area contributed by atoms with E-state index in [2.05, 4.69) is 49.1 Å². The third kappa shape index (κ3) is 2.99. The number of hydrogen-bond acceptors (Lipinski definition) is 3. The summed E-state index contributed by atoms with van der Waals surface area (Å²) in [4.78, 5) is 6.94. The van der Waals surface area contributed by atoms with E-state index in [0.717, 1.165) is 11.3 Å². The Morgan fingerprint density at radius 3 is 2.82 bits per heavy atom. The summed E-state index contributed by atoms with van der Waals surface area (Å²) in [7, 11) is -1.32. The van der Waals surface area contributed by atoms with Crippen molar-refractivity contribution in [3.05, 3.63) is 21.4 Å². The molecule has 2 N–H and O–H groups in total. The highest BCUT2D eigenvalue weighted by atomic mass is 32.1. The number of nitrogens with zero attached hydrogens (tertiary/aromatic N) is 1. The van der Waals surface area contributed by atoms with Crippen molar-refractivity contribution < 1.29 is 0 Å². The van der Waals surface area contributed by atoms with E-state index in [1.807, 2.05) is 0 Å². The zero-order valence-corrected chi connectivity index (χ0v) is 12.6. The van der Waals surface area contributed by atoms with Crippen LogP contribution < -0.4 is 5.73 Å². The Morgan fingerprint density at radius 2 is 2.18 bits per heavy atom. The van der Waals surface area contributed by atoms with Gasteiger partial charge in [-0.1, -0.05) is 25.6 Å². The van der Waals surface area contributed by atoms with Gasteiger partial charge in [-0.2, -0.15) is 0 Å². The van der Waals surface area contributed by atoms with Gasteiger partial charge in [0.15, 0.2) is 0 Å². The fraction of sp³-hybridized carbons (Fsp3) is 0.462. The topological polar surface area (TPSA) is 38.4 Å². The molecule has 1 aliphatic heterocycles. The maximum Gasteiger partial charge on any atom is 0.137 e. The first-order valence-electron chi connectivity index (χ1n) is 5.81. The van der Waals surface area contributed by atoms with Crippen molar-refractivity contribution in [1.82, 2.24) is 0 Å². The first-order chi connectivity index (χ1) is 7.85. The van der Waals surface area contributed by atoms with E-state index in [1.165, 1.54) is 10.4 Å². The van der Waals surface area contributed by atoms with E-state index in [0.29, 0.717) is 5.84 Å². The standard InChI is InChI=1S/C13H18N2SSi/c1-9-7-10-8-11(5-6-17(2,3)4)15-13(14)12(10)16-9/h7,11H,8H2,1-4H3,(H2,14,15). The van der Waals surface area contributed by atoms with Crippen LogP contribution in [0.4, 0.5) is 0 Å². The van der Waals surface area contributed by atoms with E-state index >= 15 is 0 Å². The van der Waals surface area contributed by atoms with Gasteiger partial charge in [-0.3, -0.25) is 4.99 Å². The highest BCUT2D eigenvalue weighted by Crippen LogP contribution is 2.26. The third-order valence-electron chi connectivity index (χ3n) is 2.49. The third-order valence-corrected chi connectivity index (χ3v) is 4.50. The molecule has 90 valence electrons. The highest BCUT2D eigenvalue weighted by Gasteiger charge is 2.20. The molecule has 1 aromatic rings. The zero-order chi connectivity index (χ0) is 12.6. The lowest BCUT2D eigenvalue weighted by molar-refractivity contribution is 0.822. The molecule has 1 unspecified atom stereocenters. The minimum absolute atomic E-state index is 0.0585. The Balaban J connectivity index is 2.26. The summed E-state index contributed by atoms with van der Waals surface area (Å²) in [6, 6.07) is 2.27. The molecule has 0 bridgehead atoms. The predicted octanol–water partition coefficient (Wildman–Crippen LogP) is 2.57. The molecule has 0 aliphatic carbocycles. The van der Waals surface area contributed by atoms with Crippen molar-refractivity contribution in [2.45, 2.75) is 39.0 Å². The number of aliphatic imine (C=N–C) groups is 1. The normalized spacial score (nSPS) is 19.1. The average Bonchev–Trinajstić information content (AvgIpc) is 2.55. The zero-order valence-electron chi connectivity index (χ0n) is 10.8. The van der Waals surface area contributed by atoms with Crippen molar-refractivity contribution in [3.8, 4) is 11.5 Å². The fourth-order valence-corrected chi connectivity index (χ4v) is 3.35. The van der Waals surface area contributed by atoms with Crippen LogP contribution >= 0.6 is 11.3 Å². The van der Waals surface area contributed by atoms with E-state index in [1.54, 1.807) is 11.3 Å². The van der Waals surface area contributed by atoms with Crippen LogP contribution in [-0.4, -0.2) is 20.0 Å². The molecule has 17 heavy (non-hydrogen) atoms. The molecule has 2 nitrogen and oxygen atoms in total. The first kappa shape index (κ1) is 12.4. The Morgan fingerprint density at radius 1 is 1.47 bits per heavy atom. The first-order valence-corrected chi connectivity index (χ1v) is 10.1. The Hall–Kier alpha value is -1.05. The Labute approximate surface area is 108 Å². The summed E-state index contributed by atoms with van der Waals surface area (Å²) in [5, 5.41) is 0. The minimum atomic E-state index is -1.32. The second-order valence-corrected chi connectivity index (χ2v) is 11.5. The van der Waals surface area contributed by atoms with Crippen LogP contribution in [-0.2, 0) is 6.42 Å². The van der Waals surface area contributed by atoms with Crippen molar-refractivity contribution in [3.63, 3.8) is 0 Å². The molecule has 0 saturated carbocycles. The largest absolute Gasteiger partial charge is 0.383 e. The molecule has 0 radical (unpaired) electrons. The average molecular weight is 262 g/mol. The van der Waals surface area contributed by atoms with Crippen LogP contribution in [0.5, 0.6) is 0 Å². The molecule has 0 fully saturated rings. The monoisotopic (exact) mass is 262 g/mol. The second-order valence-electron chi connectivity index (χ2n) is 5.47. The van der Waals surface area contributed by atoms with E-state index < -0.39 is 8.07 Å². The molecule has 0 spiro atoms. The van der Waals surface area contributed by atoms with Gasteiger partial charge in [0.2, 0.25) is 0 Å². The van der Waals surface area contributed by atoms with Crippen LogP contribution in [0.25, 0.3) is 0 Å². The van der Waals surface area contributed by atoms with Crippen LogP contribution in [0, 0.1) is 18.4 Å². The van der Waals surface area contributed by atoms with Gasteiger partial charge in [-0.15, -0.1) is 16.9 Å². The number of nitrogens with two attached hydrogens (primary N) is 1. The molecule has 1 aliphatic rings. The second kappa shape index (κ2) is 4.32. The fourth-order valence-electron chi connectivity index (χ4n) is 1.80. The molecule has 2 rings (SSSR count).